The molecule has 0 aromatic heterocycles. The molecule has 0 unspecified atom stereocenters. The van der Waals surface area contributed by atoms with Gasteiger partial charge < -0.3 is 14.8 Å². The van der Waals surface area contributed by atoms with Crippen LogP contribution in [0.3, 0.4) is 0 Å². The first kappa shape index (κ1) is 18.9. The van der Waals surface area contributed by atoms with Gasteiger partial charge in [0.05, 0.1) is 11.6 Å². The number of carbonyl (C=O) groups is 2. The molecule has 0 spiro atoms. The Bertz CT molecular complexity index is 847. The first-order valence-electron chi connectivity index (χ1n) is 7.47. The van der Waals surface area contributed by atoms with Crippen molar-refractivity contribution in [3.8, 4) is 11.8 Å². The third kappa shape index (κ3) is 5.27. The number of amides is 1. The highest BCUT2D eigenvalue weighted by molar-refractivity contribution is 5.93. The van der Waals surface area contributed by atoms with E-state index in [2.05, 4.69) is 5.32 Å². The summed E-state index contributed by atoms with van der Waals surface area (Å²) in [5.74, 6) is -3.28. The molecule has 6 nitrogen and oxygen atoms in total. The summed E-state index contributed by atoms with van der Waals surface area (Å²) in [6.45, 7) is 0.826. The lowest BCUT2D eigenvalue weighted by Crippen LogP contribution is -2.29. The van der Waals surface area contributed by atoms with Crippen LogP contribution in [0.15, 0.2) is 42.5 Å². The van der Waals surface area contributed by atoms with Crippen molar-refractivity contribution in [2.75, 3.05) is 11.9 Å². The van der Waals surface area contributed by atoms with Gasteiger partial charge in [-0.15, -0.1) is 0 Å². The number of carbonyl (C=O) groups excluding carboxylic acids is 2. The average Bonchev–Trinajstić information content (AvgIpc) is 2.63. The zero-order chi connectivity index (χ0) is 19.1. The summed E-state index contributed by atoms with van der Waals surface area (Å²) in [6, 6.07) is 10.9. The monoisotopic (exact) mass is 360 g/mol. The van der Waals surface area contributed by atoms with Gasteiger partial charge in [0.15, 0.2) is 24.3 Å². The van der Waals surface area contributed by atoms with E-state index in [1.807, 2.05) is 6.07 Å². The predicted molar refractivity (Wildman–Crippen MR) is 87.2 cm³/mol. The molecule has 1 N–H and O–H groups in total. The topological polar surface area (TPSA) is 88.4 Å². The second-order valence-electron chi connectivity index (χ2n) is 5.18. The van der Waals surface area contributed by atoms with E-state index in [-0.39, 0.29) is 5.69 Å². The van der Waals surface area contributed by atoms with E-state index in [1.54, 1.807) is 0 Å². The minimum atomic E-state index is -1.11. The first-order chi connectivity index (χ1) is 12.4. The van der Waals surface area contributed by atoms with Crippen molar-refractivity contribution < 1.29 is 27.8 Å². The summed E-state index contributed by atoms with van der Waals surface area (Å²) in [7, 11) is 0. The number of benzene rings is 2. The van der Waals surface area contributed by atoms with Gasteiger partial charge in [0.25, 0.3) is 5.91 Å². The highest BCUT2D eigenvalue weighted by Gasteiger charge is 2.18. The summed E-state index contributed by atoms with van der Waals surface area (Å²) in [6.07, 6.45) is -0.987. The summed E-state index contributed by atoms with van der Waals surface area (Å²) in [5, 5.41) is 11.0. The molecule has 1 amide bonds. The Hall–Kier alpha value is -3.47. The van der Waals surface area contributed by atoms with Crippen molar-refractivity contribution in [1.82, 2.24) is 0 Å². The quantitative estimate of drug-likeness (QED) is 0.801. The van der Waals surface area contributed by atoms with Crippen LogP contribution in [0, 0.1) is 23.0 Å². The van der Waals surface area contributed by atoms with Crippen LogP contribution in [0.25, 0.3) is 0 Å². The number of rotatable bonds is 6. The standard InChI is InChI=1S/C18H14F2N2O4/c1-11(26-14-5-2-12(9-21)3-6-14)18(24)25-10-17(23)22-13-4-7-15(19)16(20)8-13/h2-8,11H,10H2,1H3,(H,22,23)/t11-/m1/s1. The van der Waals surface area contributed by atoms with Crippen LogP contribution in [0.1, 0.15) is 12.5 Å². The predicted octanol–water partition coefficient (Wildman–Crippen LogP) is 2.79. The van der Waals surface area contributed by atoms with Crippen LogP contribution < -0.4 is 10.1 Å². The number of nitrogens with zero attached hydrogens (tertiary/aromatic N) is 1. The van der Waals surface area contributed by atoms with E-state index in [1.165, 1.54) is 37.3 Å². The average molecular weight is 360 g/mol. The number of hydrogen-bond donors (Lipinski definition) is 1. The number of nitriles is 1. The number of ether oxygens (including phenoxy) is 2. The van der Waals surface area contributed by atoms with E-state index >= 15 is 0 Å². The largest absolute Gasteiger partial charge is 0.479 e. The van der Waals surface area contributed by atoms with Crippen LogP contribution in [0.4, 0.5) is 14.5 Å². The van der Waals surface area contributed by atoms with Crippen LogP contribution in [0.2, 0.25) is 0 Å². The molecule has 0 heterocycles. The van der Waals surface area contributed by atoms with Crippen LogP contribution in [0.5, 0.6) is 5.75 Å². The van der Waals surface area contributed by atoms with Crippen molar-refractivity contribution in [3.05, 3.63) is 59.7 Å². The van der Waals surface area contributed by atoms with E-state index in [9.17, 15) is 18.4 Å². The summed E-state index contributed by atoms with van der Waals surface area (Å²) in [5.41, 5.74) is 0.480. The Morgan fingerprint density at radius 2 is 1.85 bits per heavy atom. The zero-order valence-electron chi connectivity index (χ0n) is 13.7. The normalized spacial score (nSPS) is 11.2. The van der Waals surface area contributed by atoms with Gasteiger partial charge in [-0.1, -0.05) is 0 Å². The molecule has 134 valence electrons. The van der Waals surface area contributed by atoms with Crippen molar-refractivity contribution >= 4 is 17.6 Å². The summed E-state index contributed by atoms with van der Waals surface area (Å²) in [4.78, 5) is 23.5. The Kier molecular flexibility index (Phi) is 6.22. The second-order valence-corrected chi connectivity index (χ2v) is 5.18. The Morgan fingerprint density at radius 3 is 2.46 bits per heavy atom. The molecule has 26 heavy (non-hydrogen) atoms. The molecular weight excluding hydrogens is 346 g/mol. The van der Waals surface area contributed by atoms with Gasteiger partial charge >= 0.3 is 5.97 Å². The molecule has 2 aromatic carbocycles. The van der Waals surface area contributed by atoms with Gasteiger partial charge in [0.2, 0.25) is 0 Å². The molecule has 1 atom stereocenters. The molecule has 0 aliphatic heterocycles. The molecule has 0 radical (unpaired) electrons. The van der Waals surface area contributed by atoms with Gasteiger partial charge in [-0.2, -0.15) is 5.26 Å². The molecule has 2 aromatic rings. The fourth-order valence-corrected chi connectivity index (χ4v) is 1.89. The SMILES string of the molecule is C[C@@H](Oc1ccc(C#N)cc1)C(=O)OCC(=O)Nc1ccc(F)c(F)c1. The second kappa shape index (κ2) is 8.58. The summed E-state index contributed by atoms with van der Waals surface area (Å²) >= 11 is 0. The van der Waals surface area contributed by atoms with Gasteiger partial charge in [-0.25, -0.2) is 13.6 Å². The zero-order valence-corrected chi connectivity index (χ0v) is 13.7. The maximum absolute atomic E-state index is 13.1. The van der Waals surface area contributed by atoms with Crippen molar-refractivity contribution in [2.45, 2.75) is 13.0 Å². The molecule has 2 rings (SSSR count). The maximum atomic E-state index is 13.1. The molecule has 0 aliphatic rings. The lowest BCUT2D eigenvalue weighted by atomic mass is 10.2. The number of halogens is 2. The highest BCUT2D eigenvalue weighted by atomic mass is 19.2. The molecule has 0 saturated heterocycles. The van der Waals surface area contributed by atoms with Crippen LogP contribution in [-0.2, 0) is 14.3 Å². The summed E-state index contributed by atoms with van der Waals surface area (Å²) < 4.78 is 36.0. The van der Waals surface area contributed by atoms with Crippen molar-refractivity contribution in [2.24, 2.45) is 0 Å². The molecule has 0 bridgehead atoms. The minimum Gasteiger partial charge on any atom is -0.479 e. The van der Waals surface area contributed by atoms with E-state index in [0.717, 1.165) is 12.1 Å². The molecule has 0 aliphatic carbocycles. The molecular formula is C18H14F2N2O4. The number of hydrogen-bond acceptors (Lipinski definition) is 5. The molecule has 8 heteroatoms. The fraction of sp³-hybridized carbons (Fsp3) is 0.167. The Labute approximate surface area is 148 Å². The van der Waals surface area contributed by atoms with E-state index in [4.69, 9.17) is 14.7 Å². The van der Waals surface area contributed by atoms with Gasteiger partial charge in [-0.05, 0) is 43.3 Å². The van der Waals surface area contributed by atoms with Crippen LogP contribution in [-0.4, -0.2) is 24.6 Å². The molecule has 0 saturated carbocycles. The Morgan fingerprint density at radius 1 is 1.15 bits per heavy atom. The number of nitrogens with one attached hydrogen (secondary N) is 1. The highest BCUT2D eigenvalue weighted by Crippen LogP contribution is 2.14. The van der Waals surface area contributed by atoms with Gasteiger partial charge in [0.1, 0.15) is 5.75 Å². The van der Waals surface area contributed by atoms with E-state index < -0.39 is 36.2 Å². The number of esters is 1. The fourth-order valence-electron chi connectivity index (χ4n) is 1.89. The lowest BCUT2D eigenvalue weighted by molar-refractivity contribution is -0.153. The van der Waals surface area contributed by atoms with Gasteiger partial charge in [0, 0.05) is 11.8 Å². The third-order valence-corrected chi connectivity index (χ3v) is 3.18. The lowest BCUT2D eigenvalue weighted by Gasteiger charge is -2.14. The Balaban J connectivity index is 1.81. The van der Waals surface area contributed by atoms with Gasteiger partial charge in [-0.3, -0.25) is 4.79 Å². The maximum Gasteiger partial charge on any atom is 0.347 e. The van der Waals surface area contributed by atoms with Crippen molar-refractivity contribution in [1.29, 1.82) is 5.26 Å². The van der Waals surface area contributed by atoms with Crippen LogP contribution >= 0.6 is 0 Å². The molecule has 0 fully saturated rings. The smallest absolute Gasteiger partial charge is 0.347 e. The third-order valence-electron chi connectivity index (χ3n) is 3.18. The first-order valence-corrected chi connectivity index (χ1v) is 7.47. The number of anilines is 1. The van der Waals surface area contributed by atoms with E-state index in [0.29, 0.717) is 11.3 Å². The minimum absolute atomic E-state index is 0.0341. The van der Waals surface area contributed by atoms with Crippen molar-refractivity contribution in [3.63, 3.8) is 0 Å².